The lowest BCUT2D eigenvalue weighted by atomic mass is 9.82. The predicted octanol–water partition coefficient (Wildman–Crippen LogP) is 3.85. The molecule has 1 heterocycles. The number of rotatable bonds is 2. The highest BCUT2D eigenvalue weighted by molar-refractivity contribution is 9.10. The van der Waals surface area contributed by atoms with Crippen LogP contribution in [0.4, 0.5) is 0 Å². The summed E-state index contributed by atoms with van der Waals surface area (Å²) in [6.07, 6.45) is 8.49. The number of hydrogen-bond donors (Lipinski definition) is 1. The quantitative estimate of drug-likeness (QED) is 0.843. The molecule has 4 heteroatoms. The standard InChI is InChI=1S/C12H17BrN2.ClH/c13-11-7-6-10(8-15-11)12(14)9-4-2-1-3-5-9;/h6-9,12H,1-5,14H2;1H/t12-;/m1./s1. The maximum absolute atomic E-state index is 6.26. The van der Waals surface area contributed by atoms with Crippen molar-refractivity contribution in [1.29, 1.82) is 0 Å². The number of pyridine rings is 1. The molecule has 90 valence electrons. The van der Waals surface area contributed by atoms with Crippen molar-refractivity contribution in [3.63, 3.8) is 0 Å². The van der Waals surface area contributed by atoms with Crippen LogP contribution in [0.25, 0.3) is 0 Å². The zero-order chi connectivity index (χ0) is 10.7. The van der Waals surface area contributed by atoms with Gasteiger partial charge in [-0.1, -0.05) is 25.3 Å². The van der Waals surface area contributed by atoms with Gasteiger partial charge in [-0.15, -0.1) is 12.4 Å². The second-order valence-corrected chi connectivity index (χ2v) is 5.15. The summed E-state index contributed by atoms with van der Waals surface area (Å²) in [5.41, 5.74) is 7.44. The first-order valence-corrected chi connectivity index (χ1v) is 6.43. The van der Waals surface area contributed by atoms with E-state index in [1.54, 1.807) is 0 Å². The fraction of sp³-hybridized carbons (Fsp3) is 0.583. The Hall–Kier alpha value is -0.120. The molecular weight excluding hydrogens is 288 g/mol. The second kappa shape index (κ2) is 6.58. The summed E-state index contributed by atoms with van der Waals surface area (Å²) < 4.78 is 0.877. The van der Waals surface area contributed by atoms with Crippen LogP contribution >= 0.6 is 28.3 Å². The van der Waals surface area contributed by atoms with Crippen molar-refractivity contribution in [3.05, 3.63) is 28.5 Å². The molecule has 1 aliphatic rings. The average molecular weight is 306 g/mol. The highest BCUT2D eigenvalue weighted by atomic mass is 79.9. The molecule has 0 bridgehead atoms. The molecular formula is C12H18BrClN2. The van der Waals surface area contributed by atoms with Gasteiger partial charge in [0.1, 0.15) is 4.60 Å². The number of aromatic nitrogens is 1. The van der Waals surface area contributed by atoms with E-state index in [0.717, 1.165) is 4.60 Å². The molecule has 1 aromatic heterocycles. The van der Waals surface area contributed by atoms with Crippen LogP contribution in [0.3, 0.4) is 0 Å². The van der Waals surface area contributed by atoms with Gasteiger partial charge in [-0.25, -0.2) is 4.98 Å². The highest BCUT2D eigenvalue weighted by Gasteiger charge is 2.21. The van der Waals surface area contributed by atoms with Crippen LogP contribution in [0.1, 0.15) is 43.7 Å². The van der Waals surface area contributed by atoms with E-state index < -0.39 is 0 Å². The summed E-state index contributed by atoms with van der Waals surface area (Å²) in [5, 5.41) is 0. The summed E-state index contributed by atoms with van der Waals surface area (Å²) >= 11 is 3.34. The molecule has 2 nitrogen and oxygen atoms in total. The molecule has 0 aromatic carbocycles. The Morgan fingerprint density at radius 2 is 1.94 bits per heavy atom. The van der Waals surface area contributed by atoms with Crippen LogP contribution in [0.15, 0.2) is 22.9 Å². The molecule has 0 amide bonds. The third-order valence-electron chi connectivity index (χ3n) is 3.29. The minimum absolute atomic E-state index is 0. The van der Waals surface area contributed by atoms with E-state index in [-0.39, 0.29) is 18.4 Å². The van der Waals surface area contributed by atoms with Crippen LogP contribution < -0.4 is 5.73 Å². The molecule has 0 radical (unpaired) electrons. The maximum Gasteiger partial charge on any atom is 0.106 e. The predicted molar refractivity (Wildman–Crippen MR) is 72.7 cm³/mol. The van der Waals surface area contributed by atoms with E-state index in [4.69, 9.17) is 5.73 Å². The van der Waals surface area contributed by atoms with Gasteiger partial charge in [0.15, 0.2) is 0 Å². The first-order valence-electron chi connectivity index (χ1n) is 5.64. The number of hydrogen-bond acceptors (Lipinski definition) is 2. The van der Waals surface area contributed by atoms with Crippen LogP contribution in [-0.4, -0.2) is 4.98 Å². The Labute approximate surface area is 112 Å². The monoisotopic (exact) mass is 304 g/mol. The molecule has 0 saturated heterocycles. The van der Waals surface area contributed by atoms with E-state index in [1.165, 1.54) is 37.7 Å². The highest BCUT2D eigenvalue weighted by Crippen LogP contribution is 2.32. The number of nitrogens with two attached hydrogens (primary N) is 1. The summed E-state index contributed by atoms with van der Waals surface area (Å²) in [5.74, 6) is 0.654. The lowest BCUT2D eigenvalue weighted by molar-refractivity contribution is 0.308. The van der Waals surface area contributed by atoms with E-state index in [1.807, 2.05) is 12.3 Å². The Balaban J connectivity index is 0.00000128. The van der Waals surface area contributed by atoms with Crippen molar-refractivity contribution < 1.29 is 0 Å². The minimum Gasteiger partial charge on any atom is -0.324 e. The molecule has 1 aromatic rings. The van der Waals surface area contributed by atoms with Gasteiger partial charge < -0.3 is 5.73 Å². The lowest BCUT2D eigenvalue weighted by Crippen LogP contribution is -2.23. The molecule has 1 aliphatic carbocycles. The van der Waals surface area contributed by atoms with Crippen LogP contribution in [0, 0.1) is 5.92 Å². The van der Waals surface area contributed by atoms with Gasteiger partial charge in [-0.05, 0) is 46.3 Å². The van der Waals surface area contributed by atoms with Gasteiger partial charge in [-0.2, -0.15) is 0 Å². The molecule has 0 aliphatic heterocycles. The van der Waals surface area contributed by atoms with E-state index >= 15 is 0 Å². The van der Waals surface area contributed by atoms with Gasteiger partial charge in [-0.3, -0.25) is 0 Å². The Bertz CT molecular complexity index is 309. The second-order valence-electron chi connectivity index (χ2n) is 4.34. The van der Waals surface area contributed by atoms with Crippen molar-refractivity contribution in [3.8, 4) is 0 Å². The molecule has 16 heavy (non-hydrogen) atoms. The van der Waals surface area contributed by atoms with Crippen LogP contribution in [-0.2, 0) is 0 Å². The smallest absolute Gasteiger partial charge is 0.106 e. The normalized spacial score (nSPS) is 18.9. The molecule has 1 saturated carbocycles. The summed E-state index contributed by atoms with van der Waals surface area (Å²) in [4.78, 5) is 4.23. The third-order valence-corrected chi connectivity index (χ3v) is 3.76. The first-order chi connectivity index (χ1) is 7.27. The average Bonchev–Trinajstić information content (AvgIpc) is 2.30. The number of nitrogens with zero attached hydrogens (tertiary/aromatic N) is 1. The van der Waals surface area contributed by atoms with Gasteiger partial charge in [0, 0.05) is 12.2 Å². The van der Waals surface area contributed by atoms with E-state index in [9.17, 15) is 0 Å². The largest absolute Gasteiger partial charge is 0.324 e. The summed E-state index contributed by atoms with van der Waals surface area (Å²) in [7, 11) is 0. The fourth-order valence-electron chi connectivity index (χ4n) is 2.35. The molecule has 0 spiro atoms. The lowest BCUT2D eigenvalue weighted by Gasteiger charge is -2.27. The zero-order valence-corrected chi connectivity index (χ0v) is 11.6. The van der Waals surface area contributed by atoms with Crippen molar-refractivity contribution in [2.75, 3.05) is 0 Å². The Kier molecular flexibility index (Phi) is 5.73. The van der Waals surface area contributed by atoms with Gasteiger partial charge in [0.05, 0.1) is 0 Å². The van der Waals surface area contributed by atoms with Gasteiger partial charge in [0.25, 0.3) is 0 Å². The SMILES string of the molecule is Cl.N[C@@H](c1ccc(Br)nc1)C1CCCCC1. The van der Waals surface area contributed by atoms with Gasteiger partial charge in [0.2, 0.25) is 0 Å². The molecule has 2 N–H and O–H groups in total. The minimum atomic E-state index is 0. The molecule has 1 fully saturated rings. The first kappa shape index (κ1) is 13.9. The zero-order valence-electron chi connectivity index (χ0n) is 9.23. The van der Waals surface area contributed by atoms with E-state index in [0.29, 0.717) is 5.92 Å². The van der Waals surface area contributed by atoms with Crippen molar-refractivity contribution >= 4 is 28.3 Å². The van der Waals surface area contributed by atoms with Crippen molar-refractivity contribution in [1.82, 2.24) is 4.98 Å². The number of halogens is 2. The molecule has 1 atom stereocenters. The maximum atomic E-state index is 6.26. The van der Waals surface area contributed by atoms with E-state index in [2.05, 4.69) is 27.0 Å². The molecule has 2 rings (SSSR count). The van der Waals surface area contributed by atoms with Crippen LogP contribution in [0.5, 0.6) is 0 Å². The van der Waals surface area contributed by atoms with Crippen LogP contribution in [0.2, 0.25) is 0 Å². The third kappa shape index (κ3) is 3.44. The molecule has 0 unspecified atom stereocenters. The summed E-state index contributed by atoms with van der Waals surface area (Å²) in [6, 6.07) is 4.22. The van der Waals surface area contributed by atoms with Crippen molar-refractivity contribution in [2.45, 2.75) is 38.1 Å². The topological polar surface area (TPSA) is 38.9 Å². The Morgan fingerprint density at radius 1 is 1.25 bits per heavy atom. The fourth-order valence-corrected chi connectivity index (χ4v) is 2.58. The summed E-state index contributed by atoms with van der Waals surface area (Å²) in [6.45, 7) is 0. The van der Waals surface area contributed by atoms with Crippen molar-refractivity contribution in [2.24, 2.45) is 11.7 Å². The van der Waals surface area contributed by atoms with Gasteiger partial charge >= 0.3 is 0 Å². The Morgan fingerprint density at radius 3 is 2.50 bits per heavy atom.